The average Bonchev–Trinajstić information content (AvgIpc) is 3.06. The van der Waals surface area contributed by atoms with E-state index in [0.29, 0.717) is 40.7 Å². The lowest BCUT2D eigenvalue weighted by atomic mass is 9.88. The number of carbonyl (C=O) groups excluding carboxylic acids is 2. The van der Waals surface area contributed by atoms with Crippen molar-refractivity contribution in [2.24, 2.45) is 0 Å². The molecular weight excluding hydrogens is 434 g/mol. The number of fused-ring (bicyclic) bond motifs is 1. The lowest BCUT2D eigenvalue weighted by molar-refractivity contribution is -0.135. The van der Waals surface area contributed by atoms with E-state index in [9.17, 15) is 14.7 Å². The van der Waals surface area contributed by atoms with Crippen LogP contribution in [0, 0.1) is 0 Å². The molecule has 0 spiro atoms. The van der Waals surface area contributed by atoms with Gasteiger partial charge < -0.3 is 24.2 Å². The predicted octanol–water partition coefficient (Wildman–Crippen LogP) is 3.98. The molecule has 0 unspecified atom stereocenters. The fourth-order valence-electron chi connectivity index (χ4n) is 4.12. The van der Waals surface area contributed by atoms with Crippen molar-refractivity contribution in [2.45, 2.75) is 18.9 Å². The molecule has 4 rings (SSSR count). The van der Waals surface area contributed by atoms with Crippen molar-refractivity contribution in [3.63, 3.8) is 0 Å². The zero-order chi connectivity index (χ0) is 24.1. The molecule has 0 aliphatic carbocycles. The molecule has 176 valence electrons. The van der Waals surface area contributed by atoms with Gasteiger partial charge in [0.1, 0.15) is 12.4 Å². The quantitative estimate of drug-likeness (QED) is 0.460. The highest BCUT2D eigenvalue weighted by Gasteiger charge is 2.50. The minimum absolute atomic E-state index is 0.184. The summed E-state index contributed by atoms with van der Waals surface area (Å²) in [5, 5.41) is 11.5. The topological polar surface area (TPSA) is 85.3 Å². The number of anilines is 1. The smallest absolute Gasteiger partial charge is 0.264 e. The van der Waals surface area contributed by atoms with Gasteiger partial charge in [-0.25, -0.2) is 0 Å². The van der Waals surface area contributed by atoms with Gasteiger partial charge in [0.05, 0.1) is 32.4 Å². The highest BCUT2D eigenvalue weighted by atomic mass is 16.5. The second-order valence-corrected chi connectivity index (χ2v) is 7.89. The fraction of sp³-hybridized carbons (Fsp3) is 0.259. The third-order valence-corrected chi connectivity index (χ3v) is 5.78. The van der Waals surface area contributed by atoms with Crippen LogP contribution < -0.4 is 19.1 Å². The van der Waals surface area contributed by atoms with E-state index in [1.807, 2.05) is 19.1 Å². The number of nitrogens with zero attached hydrogens (tertiary/aromatic N) is 1. The fourth-order valence-corrected chi connectivity index (χ4v) is 4.12. The Labute approximate surface area is 198 Å². The van der Waals surface area contributed by atoms with Crippen molar-refractivity contribution >= 4 is 17.4 Å². The Kier molecular flexibility index (Phi) is 6.84. The number of rotatable bonds is 10. The second kappa shape index (κ2) is 9.97. The number of aliphatic hydroxyl groups is 1. The van der Waals surface area contributed by atoms with Gasteiger partial charge in [-0.3, -0.25) is 9.59 Å². The molecule has 0 radical (unpaired) electrons. The molecule has 7 heteroatoms. The molecule has 1 amide bonds. The van der Waals surface area contributed by atoms with E-state index in [2.05, 4.69) is 0 Å². The van der Waals surface area contributed by atoms with Crippen LogP contribution in [0.5, 0.6) is 17.2 Å². The maximum absolute atomic E-state index is 13.4. The van der Waals surface area contributed by atoms with E-state index in [4.69, 9.17) is 14.2 Å². The maximum atomic E-state index is 13.4. The molecule has 1 aliphatic heterocycles. The summed E-state index contributed by atoms with van der Waals surface area (Å²) in [5.41, 5.74) is -0.564. The lowest BCUT2D eigenvalue weighted by Crippen LogP contribution is -2.43. The highest BCUT2D eigenvalue weighted by Crippen LogP contribution is 2.42. The van der Waals surface area contributed by atoms with E-state index in [0.717, 1.165) is 0 Å². The Balaban J connectivity index is 1.51. The third-order valence-electron chi connectivity index (χ3n) is 5.78. The minimum atomic E-state index is -1.95. The number of ether oxygens (including phenoxy) is 3. The molecular formula is C27H27NO6. The number of carbonyl (C=O) groups is 2. The number of amides is 1. The summed E-state index contributed by atoms with van der Waals surface area (Å²) in [4.78, 5) is 27.8. The Hall–Kier alpha value is -3.84. The second-order valence-electron chi connectivity index (χ2n) is 7.89. The summed E-state index contributed by atoms with van der Waals surface area (Å²) in [5.74, 6) is 0.928. The van der Waals surface area contributed by atoms with Crippen LogP contribution in [-0.2, 0) is 10.4 Å². The predicted molar refractivity (Wildman–Crippen MR) is 128 cm³/mol. The Bertz CT molecular complexity index is 1180. The summed E-state index contributed by atoms with van der Waals surface area (Å²) in [6.45, 7) is 2.79. The summed E-state index contributed by atoms with van der Waals surface area (Å²) in [6.07, 6.45) is -0.360. The molecule has 3 aromatic carbocycles. The highest BCUT2D eigenvalue weighted by molar-refractivity contribution is 6.10. The van der Waals surface area contributed by atoms with Gasteiger partial charge in [-0.15, -0.1) is 0 Å². The van der Waals surface area contributed by atoms with E-state index in [1.54, 1.807) is 67.8 Å². The molecule has 0 bridgehead atoms. The molecule has 1 aliphatic rings. The first-order valence-corrected chi connectivity index (χ1v) is 11.1. The maximum Gasteiger partial charge on any atom is 0.264 e. The van der Waals surface area contributed by atoms with Crippen LogP contribution in [0.3, 0.4) is 0 Å². The van der Waals surface area contributed by atoms with E-state index < -0.39 is 11.5 Å². The first-order chi connectivity index (χ1) is 16.5. The number of para-hydroxylation sites is 3. The molecule has 3 aromatic rings. The molecule has 0 fully saturated rings. The third kappa shape index (κ3) is 4.47. The zero-order valence-electron chi connectivity index (χ0n) is 19.2. The number of Topliss-reactive ketones (excluding diaryl/α,β-unsaturated/α-hetero) is 1. The summed E-state index contributed by atoms with van der Waals surface area (Å²) in [7, 11) is 1.56. The standard InChI is InChI=1S/C27H27NO6/c1-3-33-20-14-12-19(13-15-20)23(29)18-27(31)21-8-4-5-9-22(21)28(26(27)30)16-17-34-25-11-7-6-10-24(25)32-2/h4-15,31H,3,16-18H2,1-2H3/t27-/m1/s1. The normalized spacial score (nSPS) is 16.8. The van der Waals surface area contributed by atoms with Gasteiger partial charge in [0.25, 0.3) is 5.91 Å². The first kappa shape index (κ1) is 23.3. The molecule has 0 saturated carbocycles. The van der Waals surface area contributed by atoms with E-state index in [1.165, 1.54) is 4.90 Å². The molecule has 7 nitrogen and oxygen atoms in total. The van der Waals surface area contributed by atoms with Crippen molar-refractivity contribution in [1.29, 1.82) is 0 Å². The number of benzene rings is 3. The Morgan fingerprint density at radius 3 is 2.32 bits per heavy atom. The Morgan fingerprint density at radius 2 is 1.62 bits per heavy atom. The van der Waals surface area contributed by atoms with Gasteiger partial charge in [-0.05, 0) is 49.4 Å². The van der Waals surface area contributed by atoms with Crippen molar-refractivity contribution in [2.75, 3.05) is 31.8 Å². The van der Waals surface area contributed by atoms with Crippen LogP contribution >= 0.6 is 0 Å². The van der Waals surface area contributed by atoms with Gasteiger partial charge in [0.15, 0.2) is 22.9 Å². The van der Waals surface area contributed by atoms with Crippen LogP contribution in [0.1, 0.15) is 29.3 Å². The minimum Gasteiger partial charge on any atom is -0.494 e. The van der Waals surface area contributed by atoms with Crippen LogP contribution in [0.2, 0.25) is 0 Å². The average molecular weight is 462 g/mol. The first-order valence-electron chi connectivity index (χ1n) is 11.1. The van der Waals surface area contributed by atoms with Gasteiger partial charge in [0.2, 0.25) is 0 Å². The van der Waals surface area contributed by atoms with Gasteiger partial charge in [-0.1, -0.05) is 30.3 Å². The number of methoxy groups -OCH3 is 1. The van der Waals surface area contributed by atoms with Crippen molar-refractivity contribution in [3.8, 4) is 17.2 Å². The van der Waals surface area contributed by atoms with Crippen molar-refractivity contribution < 1.29 is 28.9 Å². The monoisotopic (exact) mass is 461 g/mol. The van der Waals surface area contributed by atoms with Crippen molar-refractivity contribution in [1.82, 2.24) is 0 Å². The molecule has 0 aromatic heterocycles. The SMILES string of the molecule is CCOc1ccc(C(=O)C[C@]2(O)C(=O)N(CCOc3ccccc3OC)c3ccccc32)cc1. The number of hydrogen-bond donors (Lipinski definition) is 1. The number of ketones is 1. The van der Waals surface area contributed by atoms with Gasteiger partial charge in [0, 0.05) is 11.1 Å². The van der Waals surface area contributed by atoms with E-state index >= 15 is 0 Å². The molecule has 1 heterocycles. The zero-order valence-corrected chi connectivity index (χ0v) is 19.2. The van der Waals surface area contributed by atoms with E-state index in [-0.39, 0.29) is 25.4 Å². The molecule has 1 atom stereocenters. The van der Waals surface area contributed by atoms with Crippen LogP contribution in [0.4, 0.5) is 5.69 Å². The van der Waals surface area contributed by atoms with Crippen LogP contribution in [0.25, 0.3) is 0 Å². The molecule has 1 N–H and O–H groups in total. The molecule has 0 saturated heterocycles. The largest absolute Gasteiger partial charge is 0.494 e. The summed E-state index contributed by atoms with van der Waals surface area (Å²) < 4.78 is 16.5. The number of hydrogen-bond acceptors (Lipinski definition) is 6. The molecule has 34 heavy (non-hydrogen) atoms. The Morgan fingerprint density at radius 1 is 0.941 bits per heavy atom. The summed E-state index contributed by atoms with van der Waals surface area (Å²) >= 11 is 0. The van der Waals surface area contributed by atoms with Gasteiger partial charge in [-0.2, -0.15) is 0 Å². The summed E-state index contributed by atoms with van der Waals surface area (Å²) in [6, 6.07) is 20.9. The van der Waals surface area contributed by atoms with Crippen LogP contribution in [0.15, 0.2) is 72.8 Å². The van der Waals surface area contributed by atoms with Crippen molar-refractivity contribution in [3.05, 3.63) is 83.9 Å². The lowest BCUT2D eigenvalue weighted by Gasteiger charge is -2.23. The van der Waals surface area contributed by atoms with Crippen LogP contribution in [-0.4, -0.2) is 43.7 Å². The van der Waals surface area contributed by atoms with Gasteiger partial charge >= 0.3 is 0 Å².